The van der Waals surface area contributed by atoms with Gasteiger partial charge in [0.1, 0.15) is 0 Å². The molecular weight excluding hydrogens is 1080 g/mol. The molecule has 0 saturated carbocycles. The first-order chi connectivity index (χ1) is 32.2. The van der Waals surface area contributed by atoms with Gasteiger partial charge in [0.05, 0.1) is 26.4 Å². The van der Waals surface area contributed by atoms with E-state index in [0.29, 0.717) is 0 Å². The van der Waals surface area contributed by atoms with Crippen molar-refractivity contribution in [2.24, 2.45) is 0 Å². The number of hydrogen-bond donors (Lipinski definition) is 4. The zero-order valence-corrected chi connectivity index (χ0v) is 60.9. The van der Waals surface area contributed by atoms with E-state index in [4.69, 9.17) is 51.8 Å². The molecule has 424 valence electrons. The summed E-state index contributed by atoms with van der Waals surface area (Å²) >= 11 is 0. The van der Waals surface area contributed by atoms with Crippen molar-refractivity contribution in [2.45, 2.75) is 285 Å². The molecule has 0 unspecified atom stereocenters. The molecule has 0 aliphatic rings. The van der Waals surface area contributed by atoms with Gasteiger partial charge in [-0.2, -0.15) is 33.7 Å². The van der Waals surface area contributed by atoms with Crippen molar-refractivity contribution in [1.82, 2.24) is 0 Å². The third kappa shape index (κ3) is 110. The van der Waals surface area contributed by atoms with Gasteiger partial charge in [-0.3, -0.25) is 18.2 Å². The summed E-state index contributed by atoms with van der Waals surface area (Å²) < 4.78 is 130. The van der Waals surface area contributed by atoms with Crippen LogP contribution >= 0.6 is 0 Å². The van der Waals surface area contributed by atoms with E-state index >= 15 is 0 Å². The van der Waals surface area contributed by atoms with E-state index in [1.54, 1.807) is 0 Å². The van der Waals surface area contributed by atoms with Gasteiger partial charge < -0.3 is 5.71 Å². The molecule has 0 spiro atoms. The van der Waals surface area contributed by atoms with E-state index in [1.807, 2.05) is 0 Å². The summed E-state index contributed by atoms with van der Waals surface area (Å²) in [5, 5.41) is 0. The largest absolute Gasteiger partial charge is 1.00 e. The molecular formula is C48H108K2Na2O16S4. The van der Waals surface area contributed by atoms with Gasteiger partial charge in [-0.1, -0.05) is 259 Å². The van der Waals surface area contributed by atoms with E-state index < -0.39 is 41.6 Å². The minimum absolute atomic E-state index is 0. The summed E-state index contributed by atoms with van der Waals surface area (Å²) in [7, 11) is -16.9. The van der Waals surface area contributed by atoms with Crippen LogP contribution in [0.2, 0.25) is 0 Å². The Morgan fingerprint density at radius 3 is 0.458 bits per heavy atom. The third-order valence-corrected chi connectivity index (χ3v) is 12.7. The Labute approximate surface area is 579 Å². The standard InChI is InChI=1S/2C24H50O4S.2K.2Na.2H2O4S.4H/c2*1-3-5-7-9-11-13-15-17-19-21-23-27-29(25,26)28-24-22-20-18-16-14-12-10-8-6-4-2;;;;;2*1-5(2,3)4;;;;/h2*3-24H2,1-2H3;;;;;2*(H2,1,2,3,4);;;;/q;;4*+1;;;4*-1. The van der Waals surface area contributed by atoms with Gasteiger partial charge in [0.2, 0.25) is 0 Å². The fourth-order valence-electron chi connectivity index (χ4n) is 7.07. The molecule has 0 amide bonds. The van der Waals surface area contributed by atoms with Crippen LogP contribution in [0.25, 0.3) is 0 Å². The summed E-state index contributed by atoms with van der Waals surface area (Å²) in [5.41, 5.74) is 0. The second-order valence-electron chi connectivity index (χ2n) is 17.7. The maximum absolute atomic E-state index is 11.7. The second kappa shape index (κ2) is 71.9. The summed E-state index contributed by atoms with van der Waals surface area (Å²) in [6.07, 6.45) is 48.9. The SMILES string of the molecule is CCCCCCCCCCCCOS(=O)(=O)OCCCCCCCCCCCC.CCCCCCCCCCCCOS(=O)(=O)OCCCCCCCCCCCC.O=S(=O)(O)O.O=S(=O)(O)O.[H-].[H-].[H-].[H-].[K+].[K+].[Na+].[Na+]. The fraction of sp³-hybridized carbons (Fsp3) is 1.00. The van der Waals surface area contributed by atoms with Gasteiger partial charge in [0.25, 0.3) is 0 Å². The van der Waals surface area contributed by atoms with Crippen molar-refractivity contribution in [1.29, 1.82) is 0 Å². The predicted molar refractivity (Wildman–Crippen MR) is 282 cm³/mol. The van der Waals surface area contributed by atoms with E-state index in [-0.39, 0.29) is 194 Å². The maximum atomic E-state index is 11.7. The average molecular weight is 1190 g/mol. The molecule has 0 rings (SSSR count). The molecule has 0 aliphatic heterocycles. The first-order valence-electron chi connectivity index (χ1n) is 26.7. The summed E-state index contributed by atoms with van der Waals surface area (Å²) in [5.74, 6) is 0. The molecule has 0 aromatic carbocycles. The Kier molecular flexibility index (Phi) is 93.0. The quantitative estimate of drug-likeness (QED) is 0.0387. The minimum Gasteiger partial charge on any atom is -1.00 e. The van der Waals surface area contributed by atoms with Crippen LogP contribution in [0.15, 0.2) is 0 Å². The van der Waals surface area contributed by atoms with Gasteiger partial charge in [-0.25, -0.2) is 16.7 Å². The van der Waals surface area contributed by atoms with Gasteiger partial charge in [-0.15, -0.1) is 0 Å². The van der Waals surface area contributed by atoms with Crippen molar-refractivity contribution in [3.05, 3.63) is 0 Å². The molecule has 0 bridgehead atoms. The van der Waals surface area contributed by atoms with Crippen molar-refractivity contribution in [3.63, 3.8) is 0 Å². The first-order valence-corrected chi connectivity index (χ1v) is 32.2. The van der Waals surface area contributed by atoms with Gasteiger partial charge >= 0.3 is 203 Å². The van der Waals surface area contributed by atoms with Crippen LogP contribution < -0.4 is 162 Å². The van der Waals surface area contributed by atoms with Crippen LogP contribution in [0.3, 0.4) is 0 Å². The Morgan fingerprint density at radius 1 is 0.250 bits per heavy atom. The molecule has 0 saturated heterocycles. The van der Waals surface area contributed by atoms with Gasteiger partial charge in [0.15, 0.2) is 0 Å². The van der Waals surface area contributed by atoms with Crippen LogP contribution in [0.4, 0.5) is 0 Å². The van der Waals surface area contributed by atoms with Crippen molar-refractivity contribution in [2.75, 3.05) is 26.4 Å². The minimum atomic E-state index is -4.67. The molecule has 4 N–H and O–H groups in total. The van der Waals surface area contributed by atoms with E-state index in [0.717, 1.165) is 77.0 Å². The predicted octanol–water partition coefficient (Wildman–Crippen LogP) is 3.37. The van der Waals surface area contributed by atoms with Crippen LogP contribution in [-0.2, 0) is 58.3 Å². The van der Waals surface area contributed by atoms with E-state index in [1.165, 1.54) is 180 Å². The molecule has 16 nitrogen and oxygen atoms in total. The van der Waals surface area contributed by atoms with Crippen LogP contribution in [0, 0.1) is 0 Å². The van der Waals surface area contributed by atoms with Crippen molar-refractivity contribution >= 4 is 41.6 Å². The Hall–Kier alpha value is 4.75. The summed E-state index contributed by atoms with van der Waals surface area (Å²) in [6, 6.07) is 0. The zero-order valence-electron chi connectivity index (χ0n) is 51.4. The van der Waals surface area contributed by atoms with Gasteiger partial charge in [-0.05, 0) is 25.7 Å². The number of hydrogen-bond acceptors (Lipinski definition) is 12. The summed E-state index contributed by atoms with van der Waals surface area (Å²) in [6.45, 7) is 9.95. The molecule has 0 aromatic heterocycles. The van der Waals surface area contributed by atoms with E-state index in [2.05, 4.69) is 27.7 Å². The topological polar surface area (TPSA) is 254 Å². The monoisotopic (exact) mass is 1190 g/mol. The second-order valence-corrected chi connectivity index (χ2v) is 22.1. The molecule has 0 aromatic rings. The van der Waals surface area contributed by atoms with Crippen LogP contribution in [0.5, 0.6) is 0 Å². The smallest absolute Gasteiger partial charge is 1.00 e. The normalized spacial score (nSPS) is 11.2. The molecule has 0 fully saturated rings. The third-order valence-electron chi connectivity index (χ3n) is 10.9. The number of unbranched alkanes of at least 4 members (excludes halogenated alkanes) is 36. The average Bonchev–Trinajstić information content (AvgIpc) is 3.25. The number of rotatable bonds is 48. The molecule has 0 aliphatic carbocycles. The molecule has 0 radical (unpaired) electrons. The molecule has 72 heavy (non-hydrogen) atoms. The Balaban J connectivity index is -0.0000000835. The first kappa shape index (κ1) is 93.2. The van der Waals surface area contributed by atoms with Crippen LogP contribution in [-0.4, -0.2) is 78.3 Å². The zero-order chi connectivity index (χ0) is 51.9. The van der Waals surface area contributed by atoms with E-state index in [9.17, 15) is 16.8 Å². The molecule has 0 heterocycles. The fourth-order valence-corrected chi connectivity index (χ4v) is 8.49. The van der Waals surface area contributed by atoms with Crippen molar-refractivity contribution < 1.29 is 236 Å². The van der Waals surface area contributed by atoms with Crippen molar-refractivity contribution in [3.8, 4) is 0 Å². The molecule has 0 atom stereocenters. The Bertz CT molecular complexity index is 1290. The van der Waals surface area contributed by atoms with Gasteiger partial charge in [0, 0.05) is 0 Å². The molecule has 24 heteroatoms. The maximum Gasteiger partial charge on any atom is 1.00 e. The van der Waals surface area contributed by atoms with Crippen LogP contribution in [0.1, 0.15) is 290 Å². The summed E-state index contributed by atoms with van der Waals surface area (Å²) in [4.78, 5) is 0. The Morgan fingerprint density at radius 2 is 0.347 bits per heavy atom.